The normalized spacial score (nSPS) is 16.9. The zero-order valence-electron chi connectivity index (χ0n) is 12.6. The van der Waals surface area contributed by atoms with Gasteiger partial charge in [0.15, 0.2) is 0 Å². The zero-order chi connectivity index (χ0) is 16.1. The minimum atomic E-state index is -0.445. The average molecular weight is 334 g/mol. The first-order valence-corrected chi connectivity index (χ1v) is 8.31. The summed E-state index contributed by atoms with van der Waals surface area (Å²) in [7, 11) is 0. The van der Waals surface area contributed by atoms with Crippen LogP contribution in [0.3, 0.4) is 0 Å². The van der Waals surface area contributed by atoms with E-state index in [1.165, 1.54) is 17.1 Å². The highest BCUT2D eigenvalue weighted by Gasteiger charge is 2.23. The Balaban J connectivity index is 1.67. The molecular formula is C15H18N4O3S. The molecule has 1 aliphatic rings. The van der Waals surface area contributed by atoms with Gasteiger partial charge in [0.25, 0.3) is 5.69 Å². The molecule has 122 valence electrons. The van der Waals surface area contributed by atoms with Crippen LogP contribution in [-0.4, -0.2) is 47.7 Å². The number of rotatable bonds is 6. The lowest BCUT2D eigenvalue weighted by atomic mass is 10.2. The van der Waals surface area contributed by atoms with Gasteiger partial charge in [0.05, 0.1) is 24.2 Å². The molecular weight excluding hydrogens is 316 g/mol. The van der Waals surface area contributed by atoms with E-state index in [9.17, 15) is 10.1 Å². The summed E-state index contributed by atoms with van der Waals surface area (Å²) in [5.41, 5.74) is -0.00136. The highest BCUT2D eigenvalue weighted by molar-refractivity contribution is 7.10. The Hall–Kier alpha value is -2.03. The maximum absolute atomic E-state index is 10.7. The number of thiophene rings is 1. The topological polar surface area (TPSA) is 80.5 Å². The number of nitrogens with one attached hydrogen (secondary N) is 1. The van der Waals surface area contributed by atoms with Crippen molar-refractivity contribution in [3.8, 4) is 0 Å². The van der Waals surface area contributed by atoms with Crippen LogP contribution in [0.25, 0.3) is 0 Å². The molecule has 0 bridgehead atoms. The van der Waals surface area contributed by atoms with Gasteiger partial charge in [-0.25, -0.2) is 4.98 Å². The fraction of sp³-hybridized carbons (Fsp3) is 0.400. The number of morpholine rings is 1. The Morgan fingerprint density at radius 2 is 2.22 bits per heavy atom. The van der Waals surface area contributed by atoms with Crippen LogP contribution in [0.4, 0.5) is 11.5 Å². The van der Waals surface area contributed by atoms with Crippen molar-refractivity contribution < 1.29 is 9.66 Å². The van der Waals surface area contributed by atoms with Crippen LogP contribution in [0.2, 0.25) is 0 Å². The highest BCUT2D eigenvalue weighted by atomic mass is 32.1. The van der Waals surface area contributed by atoms with Crippen molar-refractivity contribution in [2.75, 3.05) is 38.2 Å². The van der Waals surface area contributed by atoms with Crippen LogP contribution in [0.1, 0.15) is 10.9 Å². The number of anilines is 1. The molecule has 0 spiro atoms. The third kappa shape index (κ3) is 4.04. The summed E-state index contributed by atoms with van der Waals surface area (Å²) >= 11 is 1.73. The molecule has 7 nitrogen and oxygen atoms in total. The van der Waals surface area contributed by atoms with E-state index in [4.69, 9.17) is 4.74 Å². The maximum atomic E-state index is 10.7. The third-order valence-electron chi connectivity index (χ3n) is 3.79. The lowest BCUT2D eigenvalue weighted by Crippen LogP contribution is -2.41. The van der Waals surface area contributed by atoms with E-state index in [2.05, 4.69) is 32.7 Å². The van der Waals surface area contributed by atoms with Crippen LogP contribution in [0.5, 0.6) is 0 Å². The first-order valence-electron chi connectivity index (χ1n) is 7.43. The summed E-state index contributed by atoms with van der Waals surface area (Å²) in [6.45, 7) is 4.00. The Morgan fingerprint density at radius 3 is 2.83 bits per heavy atom. The molecule has 2 aromatic rings. The van der Waals surface area contributed by atoms with Crippen molar-refractivity contribution in [1.82, 2.24) is 9.88 Å². The van der Waals surface area contributed by atoms with Gasteiger partial charge in [-0.3, -0.25) is 15.0 Å². The molecule has 1 N–H and O–H groups in total. The summed E-state index contributed by atoms with van der Waals surface area (Å²) in [4.78, 5) is 18.0. The van der Waals surface area contributed by atoms with Crippen LogP contribution in [0, 0.1) is 10.1 Å². The van der Waals surface area contributed by atoms with Crippen molar-refractivity contribution in [2.24, 2.45) is 0 Å². The van der Waals surface area contributed by atoms with E-state index in [-0.39, 0.29) is 11.7 Å². The first kappa shape index (κ1) is 15.9. The van der Waals surface area contributed by atoms with Crippen LogP contribution >= 0.6 is 11.3 Å². The Bertz CT molecular complexity index is 627. The Labute approximate surface area is 138 Å². The van der Waals surface area contributed by atoms with E-state index in [1.807, 2.05) is 0 Å². The molecule has 1 atom stereocenters. The number of nitro groups is 1. The van der Waals surface area contributed by atoms with E-state index in [1.54, 1.807) is 17.4 Å². The summed E-state index contributed by atoms with van der Waals surface area (Å²) in [6.07, 6.45) is 1.28. The lowest BCUT2D eigenvalue weighted by molar-refractivity contribution is -0.385. The summed E-state index contributed by atoms with van der Waals surface area (Å²) in [5, 5.41) is 16.0. The second-order valence-corrected chi connectivity index (χ2v) is 6.20. The van der Waals surface area contributed by atoms with Gasteiger partial charge in [-0.1, -0.05) is 6.07 Å². The Kier molecular flexibility index (Phi) is 5.16. The number of hydrogen-bond donors (Lipinski definition) is 1. The van der Waals surface area contributed by atoms with Gasteiger partial charge in [-0.2, -0.15) is 0 Å². The zero-order valence-corrected chi connectivity index (χ0v) is 13.4. The predicted molar refractivity (Wildman–Crippen MR) is 88.8 cm³/mol. The fourth-order valence-corrected chi connectivity index (χ4v) is 3.44. The quantitative estimate of drug-likeness (QED) is 0.646. The Morgan fingerprint density at radius 1 is 1.39 bits per heavy atom. The van der Waals surface area contributed by atoms with Crippen molar-refractivity contribution in [1.29, 1.82) is 0 Å². The van der Waals surface area contributed by atoms with Crippen LogP contribution in [-0.2, 0) is 4.74 Å². The van der Waals surface area contributed by atoms with Crippen molar-refractivity contribution in [2.45, 2.75) is 6.04 Å². The number of aromatic nitrogens is 1. The summed E-state index contributed by atoms with van der Waals surface area (Å²) < 4.78 is 5.43. The standard InChI is InChI=1S/C15H18N4O3S/c20-19(21)12-3-4-15(16-10-12)17-11-13(14-2-1-9-23-14)18-5-7-22-8-6-18/h1-4,9-10,13H,5-8,11H2,(H,16,17). The molecule has 0 aromatic carbocycles. The smallest absolute Gasteiger partial charge is 0.287 e. The monoisotopic (exact) mass is 334 g/mol. The maximum Gasteiger partial charge on any atom is 0.287 e. The second kappa shape index (κ2) is 7.49. The van der Waals surface area contributed by atoms with Gasteiger partial charge in [0.2, 0.25) is 0 Å². The minimum absolute atomic E-state index is 0.00136. The van der Waals surface area contributed by atoms with Gasteiger partial charge in [-0.05, 0) is 17.5 Å². The first-order chi connectivity index (χ1) is 11.2. The van der Waals surface area contributed by atoms with Crippen molar-refractivity contribution in [3.63, 3.8) is 0 Å². The average Bonchev–Trinajstić information content (AvgIpc) is 3.11. The van der Waals surface area contributed by atoms with E-state index < -0.39 is 4.92 Å². The summed E-state index contributed by atoms with van der Waals surface area (Å²) in [6, 6.07) is 7.54. The molecule has 0 radical (unpaired) electrons. The molecule has 8 heteroatoms. The number of hydrogen-bond acceptors (Lipinski definition) is 7. The molecule has 3 heterocycles. The van der Waals surface area contributed by atoms with Crippen LogP contribution < -0.4 is 5.32 Å². The van der Waals surface area contributed by atoms with Crippen LogP contribution in [0.15, 0.2) is 35.8 Å². The second-order valence-electron chi connectivity index (χ2n) is 5.22. The van der Waals surface area contributed by atoms with Gasteiger partial charge in [-0.15, -0.1) is 11.3 Å². The fourth-order valence-electron chi connectivity index (χ4n) is 2.58. The van der Waals surface area contributed by atoms with Gasteiger partial charge >= 0.3 is 0 Å². The minimum Gasteiger partial charge on any atom is -0.379 e. The van der Waals surface area contributed by atoms with Gasteiger partial charge < -0.3 is 10.1 Å². The largest absolute Gasteiger partial charge is 0.379 e. The summed E-state index contributed by atoms with van der Waals surface area (Å²) in [5.74, 6) is 0.644. The van der Waals surface area contributed by atoms with Gasteiger partial charge in [0, 0.05) is 30.6 Å². The molecule has 1 saturated heterocycles. The number of ether oxygens (including phenoxy) is 1. The molecule has 1 aliphatic heterocycles. The van der Waals surface area contributed by atoms with Gasteiger partial charge in [0.1, 0.15) is 12.0 Å². The molecule has 0 amide bonds. The number of nitrogens with zero attached hydrogens (tertiary/aromatic N) is 3. The lowest BCUT2D eigenvalue weighted by Gasteiger charge is -2.34. The molecule has 1 fully saturated rings. The van der Waals surface area contributed by atoms with E-state index in [0.29, 0.717) is 12.4 Å². The highest BCUT2D eigenvalue weighted by Crippen LogP contribution is 2.26. The van der Waals surface area contributed by atoms with E-state index >= 15 is 0 Å². The van der Waals surface area contributed by atoms with Crippen molar-refractivity contribution in [3.05, 3.63) is 50.8 Å². The predicted octanol–water partition coefficient (Wildman–Crippen LogP) is 2.54. The number of pyridine rings is 1. The third-order valence-corrected chi connectivity index (χ3v) is 4.77. The molecule has 2 aromatic heterocycles. The van der Waals surface area contributed by atoms with E-state index in [0.717, 1.165) is 26.3 Å². The molecule has 3 rings (SSSR count). The molecule has 1 unspecified atom stereocenters. The molecule has 0 saturated carbocycles. The SMILES string of the molecule is O=[N+]([O-])c1ccc(NCC(c2cccs2)N2CCOCC2)nc1. The van der Waals surface area contributed by atoms with Crippen molar-refractivity contribution >= 4 is 22.8 Å². The molecule has 23 heavy (non-hydrogen) atoms. The molecule has 0 aliphatic carbocycles.